The lowest BCUT2D eigenvalue weighted by Gasteiger charge is -2.27. The highest BCUT2D eigenvalue weighted by molar-refractivity contribution is 9.10. The third-order valence-corrected chi connectivity index (χ3v) is 5.25. The van der Waals surface area contributed by atoms with E-state index in [-0.39, 0.29) is 12.1 Å². The number of nitrogens with zero attached hydrogens (tertiary/aromatic N) is 3. The van der Waals surface area contributed by atoms with Crippen LogP contribution in [0.1, 0.15) is 39.1 Å². The van der Waals surface area contributed by atoms with Gasteiger partial charge in [0.15, 0.2) is 5.76 Å². The molecule has 1 N–H and O–H groups in total. The molecule has 1 atom stereocenters. The van der Waals surface area contributed by atoms with Crippen LogP contribution in [0.25, 0.3) is 22.9 Å². The SMILES string of the molecule is C=C1CCN(C(=O)OC(C)(C)C)[C@@H]1c1ncc(-c2ncc(-c3ccc(Br)cc3)o2)[nH]1. The first-order chi connectivity index (χ1) is 14.2. The van der Waals surface area contributed by atoms with Crippen molar-refractivity contribution in [1.82, 2.24) is 19.9 Å². The minimum absolute atomic E-state index is 0.366. The van der Waals surface area contributed by atoms with Gasteiger partial charge in [-0.2, -0.15) is 0 Å². The fourth-order valence-corrected chi connectivity index (χ4v) is 3.60. The van der Waals surface area contributed by atoms with Crippen LogP contribution in [0.4, 0.5) is 4.79 Å². The summed E-state index contributed by atoms with van der Waals surface area (Å²) < 4.78 is 12.5. The van der Waals surface area contributed by atoms with Crippen molar-refractivity contribution in [2.75, 3.05) is 6.54 Å². The van der Waals surface area contributed by atoms with E-state index in [1.165, 1.54) is 0 Å². The van der Waals surface area contributed by atoms with Crippen LogP contribution in [-0.2, 0) is 4.74 Å². The second-order valence-corrected chi connectivity index (χ2v) is 9.12. The van der Waals surface area contributed by atoms with E-state index in [0.717, 1.165) is 15.6 Å². The molecule has 1 aromatic carbocycles. The van der Waals surface area contributed by atoms with E-state index in [4.69, 9.17) is 9.15 Å². The number of carbonyl (C=O) groups excluding carboxylic acids is 1. The van der Waals surface area contributed by atoms with Gasteiger partial charge in [-0.1, -0.05) is 34.6 Å². The third kappa shape index (κ3) is 4.18. The molecule has 0 spiro atoms. The predicted octanol–water partition coefficient (Wildman–Crippen LogP) is 5.73. The summed E-state index contributed by atoms with van der Waals surface area (Å²) in [6.07, 6.45) is 3.66. The van der Waals surface area contributed by atoms with Crippen molar-refractivity contribution in [2.24, 2.45) is 0 Å². The second-order valence-electron chi connectivity index (χ2n) is 8.20. The standard InChI is InChI=1S/C22H23BrN4O3/c1-13-9-10-27(21(28)30-22(2,3)4)18(13)19-24-11-16(26-19)20-25-12-17(29-20)14-5-7-15(23)8-6-14/h5-8,11-12,18H,1,9-10H2,2-4H3,(H,24,26)/t18-/m0/s1. The molecule has 7 nitrogen and oxygen atoms in total. The summed E-state index contributed by atoms with van der Waals surface area (Å²) in [5.74, 6) is 1.70. The number of halogens is 1. The van der Waals surface area contributed by atoms with Gasteiger partial charge in [-0.15, -0.1) is 0 Å². The van der Waals surface area contributed by atoms with Crippen LogP contribution in [0, 0.1) is 0 Å². The normalized spacial score (nSPS) is 16.9. The molecular formula is C22H23BrN4O3. The highest BCUT2D eigenvalue weighted by atomic mass is 79.9. The van der Waals surface area contributed by atoms with Gasteiger partial charge in [-0.25, -0.2) is 14.8 Å². The zero-order chi connectivity index (χ0) is 21.5. The number of likely N-dealkylation sites (tertiary alicyclic amines) is 1. The van der Waals surface area contributed by atoms with Gasteiger partial charge in [0.05, 0.1) is 12.4 Å². The van der Waals surface area contributed by atoms with Gasteiger partial charge in [0.25, 0.3) is 0 Å². The maximum atomic E-state index is 12.6. The zero-order valence-electron chi connectivity index (χ0n) is 17.1. The van der Waals surface area contributed by atoms with E-state index in [1.54, 1.807) is 17.3 Å². The van der Waals surface area contributed by atoms with Crippen LogP contribution >= 0.6 is 15.9 Å². The first kappa shape index (κ1) is 20.4. The van der Waals surface area contributed by atoms with Crippen molar-refractivity contribution in [3.05, 3.63) is 59.1 Å². The Kier molecular flexibility index (Phi) is 5.27. The van der Waals surface area contributed by atoms with Gasteiger partial charge in [0.2, 0.25) is 5.89 Å². The smallest absolute Gasteiger partial charge is 0.411 e. The highest BCUT2D eigenvalue weighted by Gasteiger charge is 2.37. The Balaban J connectivity index is 1.57. The van der Waals surface area contributed by atoms with Crippen molar-refractivity contribution >= 4 is 22.0 Å². The largest absolute Gasteiger partial charge is 0.444 e. The molecule has 1 aliphatic rings. The number of amides is 1. The summed E-state index contributed by atoms with van der Waals surface area (Å²) in [6, 6.07) is 7.43. The Bertz CT molecular complexity index is 1080. The minimum Gasteiger partial charge on any atom is -0.444 e. The van der Waals surface area contributed by atoms with Gasteiger partial charge in [0, 0.05) is 16.6 Å². The Morgan fingerprint density at radius 3 is 2.70 bits per heavy atom. The van der Waals surface area contributed by atoms with Crippen molar-refractivity contribution in [3.8, 4) is 22.9 Å². The van der Waals surface area contributed by atoms with Gasteiger partial charge in [-0.05, 0) is 44.9 Å². The Morgan fingerprint density at radius 2 is 2.00 bits per heavy atom. The highest BCUT2D eigenvalue weighted by Crippen LogP contribution is 2.36. The van der Waals surface area contributed by atoms with Crippen LogP contribution < -0.4 is 0 Å². The summed E-state index contributed by atoms with van der Waals surface area (Å²) in [5, 5.41) is 0. The molecule has 0 saturated carbocycles. The number of benzene rings is 1. The Labute approximate surface area is 183 Å². The summed E-state index contributed by atoms with van der Waals surface area (Å²) in [7, 11) is 0. The molecule has 0 bridgehead atoms. The zero-order valence-corrected chi connectivity index (χ0v) is 18.7. The topological polar surface area (TPSA) is 84.2 Å². The second kappa shape index (κ2) is 7.75. The number of hydrogen-bond donors (Lipinski definition) is 1. The average Bonchev–Trinajstić information content (AvgIpc) is 3.39. The number of H-pyrrole nitrogens is 1. The molecule has 0 aliphatic carbocycles. The number of aromatic nitrogens is 3. The molecule has 1 aliphatic heterocycles. The molecule has 4 rings (SSSR count). The van der Waals surface area contributed by atoms with E-state index >= 15 is 0 Å². The summed E-state index contributed by atoms with van der Waals surface area (Å²) >= 11 is 3.43. The quantitative estimate of drug-likeness (QED) is 0.493. The monoisotopic (exact) mass is 470 g/mol. The lowest BCUT2D eigenvalue weighted by Crippen LogP contribution is -2.36. The Hall–Kier alpha value is -2.87. The van der Waals surface area contributed by atoms with Crippen molar-refractivity contribution in [3.63, 3.8) is 0 Å². The lowest BCUT2D eigenvalue weighted by atomic mass is 10.1. The number of nitrogens with one attached hydrogen (secondary N) is 1. The number of ether oxygens (including phenoxy) is 1. The molecule has 8 heteroatoms. The average molecular weight is 471 g/mol. The lowest BCUT2D eigenvalue weighted by molar-refractivity contribution is 0.0231. The molecule has 1 saturated heterocycles. The van der Waals surface area contributed by atoms with E-state index in [0.29, 0.717) is 36.1 Å². The van der Waals surface area contributed by atoms with Crippen LogP contribution in [0.3, 0.4) is 0 Å². The van der Waals surface area contributed by atoms with Crippen molar-refractivity contribution in [1.29, 1.82) is 0 Å². The minimum atomic E-state index is -0.568. The summed E-state index contributed by atoms with van der Waals surface area (Å²) in [5.41, 5.74) is 1.90. The van der Waals surface area contributed by atoms with Gasteiger partial charge in [-0.3, -0.25) is 4.90 Å². The first-order valence-corrected chi connectivity index (χ1v) is 10.4. The molecule has 1 fully saturated rings. The maximum absolute atomic E-state index is 12.6. The molecule has 3 aromatic rings. The van der Waals surface area contributed by atoms with E-state index in [1.807, 2.05) is 45.0 Å². The predicted molar refractivity (Wildman–Crippen MR) is 117 cm³/mol. The molecule has 0 unspecified atom stereocenters. The van der Waals surface area contributed by atoms with Crippen molar-refractivity contribution in [2.45, 2.75) is 38.8 Å². The van der Waals surface area contributed by atoms with Crippen LogP contribution in [0.15, 0.2) is 57.7 Å². The van der Waals surface area contributed by atoms with Crippen LogP contribution in [0.2, 0.25) is 0 Å². The van der Waals surface area contributed by atoms with Gasteiger partial charge < -0.3 is 14.1 Å². The van der Waals surface area contributed by atoms with Crippen LogP contribution in [-0.4, -0.2) is 38.1 Å². The summed E-state index contributed by atoms with van der Waals surface area (Å²) in [4.78, 5) is 26.4. The molecule has 2 aromatic heterocycles. The van der Waals surface area contributed by atoms with E-state index < -0.39 is 5.60 Å². The summed E-state index contributed by atoms with van der Waals surface area (Å²) in [6.45, 7) is 10.2. The fraction of sp³-hybridized carbons (Fsp3) is 0.318. The molecule has 156 valence electrons. The van der Waals surface area contributed by atoms with Gasteiger partial charge in [0.1, 0.15) is 23.2 Å². The number of imidazole rings is 1. The van der Waals surface area contributed by atoms with E-state index in [2.05, 4.69) is 37.5 Å². The molecule has 0 radical (unpaired) electrons. The number of aromatic amines is 1. The first-order valence-electron chi connectivity index (χ1n) is 9.65. The number of oxazole rings is 1. The van der Waals surface area contributed by atoms with E-state index in [9.17, 15) is 4.79 Å². The fourth-order valence-electron chi connectivity index (χ4n) is 3.34. The maximum Gasteiger partial charge on any atom is 0.411 e. The Morgan fingerprint density at radius 1 is 1.27 bits per heavy atom. The third-order valence-electron chi connectivity index (χ3n) is 4.72. The molecule has 30 heavy (non-hydrogen) atoms. The molecule has 1 amide bonds. The number of hydrogen-bond acceptors (Lipinski definition) is 5. The molecule has 3 heterocycles. The molecular weight excluding hydrogens is 448 g/mol. The van der Waals surface area contributed by atoms with Crippen LogP contribution in [0.5, 0.6) is 0 Å². The number of carbonyl (C=O) groups is 1. The van der Waals surface area contributed by atoms with Gasteiger partial charge >= 0.3 is 6.09 Å². The van der Waals surface area contributed by atoms with Crippen molar-refractivity contribution < 1.29 is 13.9 Å². The number of rotatable bonds is 3.